The van der Waals surface area contributed by atoms with E-state index in [1.807, 2.05) is 0 Å². The number of rotatable bonds is 2. The molecule has 6 heteroatoms. The molecule has 0 unspecified atom stereocenters. The lowest BCUT2D eigenvalue weighted by Gasteiger charge is -1.96. The fourth-order valence-electron chi connectivity index (χ4n) is 0.662. The Labute approximate surface area is 68.8 Å². The topological polar surface area (TPSA) is 114 Å². The molecule has 0 aliphatic carbocycles. The van der Waals surface area contributed by atoms with Gasteiger partial charge in [0.25, 0.3) is 0 Å². The highest BCUT2D eigenvalue weighted by molar-refractivity contribution is 5.95. The number of amidine groups is 1. The second kappa shape index (κ2) is 3.42. The van der Waals surface area contributed by atoms with Crippen molar-refractivity contribution in [2.45, 2.75) is 0 Å². The van der Waals surface area contributed by atoms with Crippen LogP contribution in [-0.4, -0.2) is 10.8 Å². The maximum atomic E-state index is 6.43. The minimum Gasteiger partial charge on any atom is -0.397 e. The number of nitrogen functional groups attached to an aromatic ring is 1. The molecule has 0 radical (unpaired) electrons. The van der Waals surface area contributed by atoms with Gasteiger partial charge in [-0.15, -0.1) is 5.10 Å². The van der Waals surface area contributed by atoms with Crippen molar-refractivity contribution in [1.29, 1.82) is 5.53 Å². The van der Waals surface area contributed by atoms with Gasteiger partial charge in [0, 0.05) is 0 Å². The molecule has 0 fully saturated rings. The Hall–Kier alpha value is -1.98. The Morgan fingerprint density at radius 1 is 1.50 bits per heavy atom. The Morgan fingerprint density at radius 3 is 2.75 bits per heavy atom. The average molecular weight is 164 g/mol. The maximum Gasteiger partial charge on any atom is 0.173 e. The van der Waals surface area contributed by atoms with Crippen LogP contribution in [0.5, 0.6) is 0 Å². The average Bonchev–Trinajstić information content (AvgIpc) is 2.06. The summed E-state index contributed by atoms with van der Waals surface area (Å²) < 4.78 is 0. The standard InChI is InChI=1S/C6H8N6/c7-4-1-2-5(10-3-4)6(8)11-12-9/h1-3H,7H2,(H3,8,9,11). The summed E-state index contributed by atoms with van der Waals surface area (Å²) >= 11 is 0. The van der Waals surface area contributed by atoms with Crippen molar-refractivity contribution >= 4 is 11.5 Å². The van der Waals surface area contributed by atoms with E-state index in [1.165, 1.54) is 6.20 Å². The molecule has 0 saturated carbocycles. The summed E-state index contributed by atoms with van der Waals surface area (Å²) in [6, 6.07) is 3.26. The van der Waals surface area contributed by atoms with Gasteiger partial charge in [0.05, 0.1) is 11.9 Å². The summed E-state index contributed by atoms with van der Waals surface area (Å²) in [7, 11) is 0. The van der Waals surface area contributed by atoms with E-state index >= 15 is 0 Å². The van der Waals surface area contributed by atoms with Crippen LogP contribution in [0.2, 0.25) is 0 Å². The van der Waals surface area contributed by atoms with Crippen LogP contribution in [0.25, 0.3) is 0 Å². The van der Waals surface area contributed by atoms with Gasteiger partial charge in [-0.25, -0.2) is 0 Å². The van der Waals surface area contributed by atoms with Crippen LogP contribution in [0.4, 0.5) is 5.69 Å². The molecular weight excluding hydrogens is 156 g/mol. The molecule has 1 aromatic heterocycles. The van der Waals surface area contributed by atoms with Crippen LogP contribution in [0.3, 0.4) is 0 Å². The van der Waals surface area contributed by atoms with Crippen LogP contribution < -0.4 is 11.5 Å². The van der Waals surface area contributed by atoms with Crippen molar-refractivity contribution in [1.82, 2.24) is 4.98 Å². The smallest absolute Gasteiger partial charge is 0.173 e. The molecule has 5 N–H and O–H groups in total. The minimum absolute atomic E-state index is 0.102. The minimum atomic E-state index is 0.102. The Bertz CT molecular complexity index is 300. The van der Waals surface area contributed by atoms with Crippen molar-refractivity contribution in [2.75, 3.05) is 5.73 Å². The number of pyridine rings is 1. The molecule has 1 aromatic rings. The molecule has 0 amide bonds. The zero-order valence-electron chi connectivity index (χ0n) is 6.23. The van der Waals surface area contributed by atoms with E-state index in [4.69, 9.17) is 17.0 Å². The van der Waals surface area contributed by atoms with Crippen molar-refractivity contribution in [3.8, 4) is 0 Å². The van der Waals surface area contributed by atoms with E-state index in [2.05, 4.69) is 15.3 Å². The number of hydrogen-bond acceptors (Lipinski definition) is 4. The van der Waals surface area contributed by atoms with E-state index < -0.39 is 0 Å². The number of anilines is 1. The van der Waals surface area contributed by atoms with Crippen LogP contribution >= 0.6 is 0 Å². The van der Waals surface area contributed by atoms with E-state index in [0.29, 0.717) is 11.4 Å². The molecule has 0 saturated heterocycles. The number of aromatic nitrogens is 1. The van der Waals surface area contributed by atoms with Gasteiger partial charge in [-0.2, -0.15) is 5.53 Å². The summed E-state index contributed by atoms with van der Waals surface area (Å²) in [6.07, 6.45) is 1.46. The molecule has 1 heterocycles. The lowest BCUT2D eigenvalue weighted by molar-refractivity contribution is 0.983. The first-order chi connectivity index (χ1) is 5.74. The fourth-order valence-corrected chi connectivity index (χ4v) is 0.662. The monoisotopic (exact) mass is 164 g/mol. The molecule has 1 rings (SSSR count). The summed E-state index contributed by atoms with van der Waals surface area (Å²) in [5.41, 5.74) is 18.2. The molecule has 0 aliphatic rings. The van der Waals surface area contributed by atoms with Crippen LogP contribution in [0, 0.1) is 5.53 Å². The van der Waals surface area contributed by atoms with Crippen LogP contribution in [0.15, 0.2) is 28.7 Å². The first kappa shape index (κ1) is 8.12. The van der Waals surface area contributed by atoms with Crippen molar-refractivity contribution in [2.24, 2.45) is 16.1 Å². The Kier molecular flexibility index (Phi) is 2.32. The Balaban J connectivity index is 2.97. The van der Waals surface area contributed by atoms with Gasteiger partial charge in [-0.1, -0.05) is 5.22 Å². The lowest BCUT2D eigenvalue weighted by Crippen LogP contribution is -2.14. The Morgan fingerprint density at radius 2 is 2.25 bits per heavy atom. The zero-order valence-corrected chi connectivity index (χ0v) is 6.23. The van der Waals surface area contributed by atoms with Gasteiger partial charge < -0.3 is 11.5 Å². The number of nitrogens with one attached hydrogen (secondary N) is 1. The first-order valence-corrected chi connectivity index (χ1v) is 3.16. The second-order valence-electron chi connectivity index (χ2n) is 2.06. The second-order valence-corrected chi connectivity index (χ2v) is 2.06. The van der Waals surface area contributed by atoms with Crippen molar-refractivity contribution in [3.05, 3.63) is 24.0 Å². The van der Waals surface area contributed by atoms with Crippen molar-refractivity contribution in [3.63, 3.8) is 0 Å². The van der Waals surface area contributed by atoms with E-state index in [9.17, 15) is 0 Å². The molecule has 0 spiro atoms. The molecule has 0 aliphatic heterocycles. The number of hydrogen-bond donors (Lipinski definition) is 3. The predicted molar refractivity (Wildman–Crippen MR) is 44.5 cm³/mol. The lowest BCUT2D eigenvalue weighted by atomic mass is 10.3. The molecule has 62 valence electrons. The fraction of sp³-hybridized carbons (Fsp3) is 0. The van der Waals surface area contributed by atoms with Crippen molar-refractivity contribution < 1.29 is 0 Å². The first-order valence-electron chi connectivity index (χ1n) is 3.16. The highest BCUT2D eigenvalue weighted by Crippen LogP contribution is 2.00. The van der Waals surface area contributed by atoms with E-state index in [1.54, 1.807) is 12.1 Å². The highest BCUT2D eigenvalue weighted by atomic mass is 15.3. The normalized spacial score (nSPS) is 11.2. The van der Waals surface area contributed by atoms with Gasteiger partial charge in [-0.05, 0) is 12.1 Å². The summed E-state index contributed by atoms with van der Waals surface area (Å²) in [5.74, 6) is 0.102. The third kappa shape index (κ3) is 1.75. The van der Waals surface area contributed by atoms with Gasteiger partial charge in [0.15, 0.2) is 5.84 Å². The van der Waals surface area contributed by atoms with Crippen LogP contribution in [-0.2, 0) is 0 Å². The van der Waals surface area contributed by atoms with Gasteiger partial charge in [0.2, 0.25) is 0 Å². The SMILES string of the molecule is N=N/N=C(\N)c1ccc(N)cn1. The largest absolute Gasteiger partial charge is 0.397 e. The highest BCUT2D eigenvalue weighted by Gasteiger charge is 1.97. The predicted octanol–water partition coefficient (Wildman–Crippen LogP) is 0.315. The van der Waals surface area contributed by atoms with Gasteiger partial charge in [-0.3, -0.25) is 4.98 Å². The van der Waals surface area contributed by atoms with Gasteiger partial charge in [0.1, 0.15) is 5.69 Å². The molecule has 0 bridgehead atoms. The summed E-state index contributed by atoms with van der Waals surface area (Å²) in [4.78, 5) is 3.87. The number of nitrogens with two attached hydrogens (primary N) is 2. The van der Waals surface area contributed by atoms with E-state index in [0.717, 1.165) is 0 Å². The van der Waals surface area contributed by atoms with Gasteiger partial charge >= 0.3 is 0 Å². The van der Waals surface area contributed by atoms with Crippen LogP contribution in [0.1, 0.15) is 5.69 Å². The maximum absolute atomic E-state index is 6.43. The molecular formula is C6H8N6. The zero-order chi connectivity index (χ0) is 8.97. The quantitative estimate of drug-likeness (QED) is 0.253. The third-order valence-electron chi connectivity index (χ3n) is 1.21. The summed E-state index contributed by atoms with van der Waals surface area (Å²) in [5, 5.41) is 6.08. The molecule has 0 atom stereocenters. The molecule has 0 aromatic carbocycles. The molecule has 12 heavy (non-hydrogen) atoms. The summed E-state index contributed by atoms with van der Waals surface area (Å²) in [6.45, 7) is 0. The molecule has 6 nitrogen and oxygen atoms in total. The van der Waals surface area contributed by atoms with E-state index in [-0.39, 0.29) is 5.84 Å². The third-order valence-corrected chi connectivity index (χ3v) is 1.21. The number of nitrogens with zero attached hydrogens (tertiary/aromatic N) is 3.